The molecule has 1 aromatic heterocycles. The summed E-state index contributed by atoms with van der Waals surface area (Å²) in [5, 5.41) is 3.41. The van der Waals surface area contributed by atoms with Crippen LogP contribution in [-0.4, -0.2) is 54.2 Å². The molecule has 1 aliphatic heterocycles. The molecule has 0 spiro atoms. The van der Waals surface area contributed by atoms with Crippen LogP contribution in [0.15, 0.2) is 36.4 Å². The second kappa shape index (κ2) is 8.36. The lowest BCUT2D eigenvalue weighted by molar-refractivity contribution is 0.208. The number of methoxy groups -OCH3 is 1. The fourth-order valence-electron chi connectivity index (χ4n) is 3.72. The van der Waals surface area contributed by atoms with Gasteiger partial charge >= 0.3 is 6.03 Å². The molecule has 0 atom stereocenters. The first-order valence-corrected chi connectivity index (χ1v) is 10.2. The van der Waals surface area contributed by atoms with Gasteiger partial charge in [0, 0.05) is 36.9 Å². The standard InChI is InChI=1S/C22H24ClN5O2/c1-14-10-15(2)12-17(11-14)27-6-8-28(9-7-27)22(29)26-20-21(30-3)25-19-13-16(23)4-5-18(19)24-20/h4-5,10-13H,6-9H2,1-3H3,(H,24,26,29). The van der Waals surface area contributed by atoms with Gasteiger partial charge in [0.25, 0.3) is 5.88 Å². The maximum absolute atomic E-state index is 12.8. The number of benzene rings is 2. The van der Waals surface area contributed by atoms with Crippen molar-refractivity contribution in [3.05, 3.63) is 52.5 Å². The fraction of sp³-hybridized carbons (Fsp3) is 0.318. The van der Waals surface area contributed by atoms with E-state index >= 15 is 0 Å². The average molecular weight is 426 g/mol. The van der Waals surface area contributed by atoms with E-state index in [1.54, 1.807) is 23.1 Å². The molecule has 1 N–H and O–H groups in total. The summed E-state index contributed by atoms with van der Waals surface area (Å²) < 4.78 is 5.32. The molecule has 4 rings (SSSR count). The van der Waals surface area contributed by atoms with Crippen LogP contribution in [0.5, 0.6) is 5.88 Å². The van der Waals surface area contributed by atoms with Gasteiger partial charge in [0.15, 0.2) is 5.82 Å². The highest BCUT2D eigenvalue weighted by Gasteiger charge is 2.23. The number of nitrogens with zero attached hydrogens (tertiary/aromatic N) is 4. The molecular formula is C22H24ClN5O2. The molecule has 30 heavy (non-hydrogen) atoms. The van der Waals surface area contributed by atoms with Gasteiger partial charge in [-0.05, 0) is 55.3 Å². The van der Waals surface area contributed by atoms with Crippen LogP contribution in [0.4, 0.5) is 16.3 Å². The Bertz CT molecular complexity index is 1080. The minimum Gasteiger partial charge on any atom is -0.478 e. The Morgan fingerprint density at radius 3 is 2.37 bits per heavy atom. The van der Waals surface area contributed by atoms with Crippen molar-refractivity contribution in [2.45, 2.75) is 13.8 Å². The SMILES string of the molecule is COc1nc2cc(Cl)ccc2nc1NC(=O)N1CCN(c2cc(C)cc(C)c2)CC1. The summed E-state index contributed by atoms with van der Waals surface area (Å²) in [5.41, 5.74) is 4.93. The molecule has 8 heteroatoms. The second-order valence-corrected chi connectivity index (χ2v) is 7.90. The Kier molecular flexibility index (Phi) is 5.63. The lowest BCUT2D eigenvalue weighted by atomic mass is 10.1. The summed E-state index contributed by atoms with van der Waals surface area (Å²) in [6.07, 6.45) is 0. The summed E-state index contributed by atoms with van der Waals surface area (Å²) in [6.45, 7) is 7.00. The van der Waals surface area contributed by atoms with Gasteiger partial charge < -0.3 is 14.5 Å². The molecule has 3 aromatic rings. The predicted octanol–water partition coefficient (Wildman–Crippen LogP) is 4.26. The average Bonchev–Trinajstić information content (AvgIpc) is 2.72. The summed E-state index contributed by atoms with van der Waals surface area (Å²) in [5.74, 6) is 0.557. The van der Waals surface area contributed by atoms with Gasteiger partial charge in [0.05, 0.1) is 18.1 Å². The van der Waals surface area contributed by atoms with Gasteiger partial charge in [-0.25, -0.2) is 14.8 Å². The summed E-state index contributed by atoms with van der Waals surface area (Å²) in [7, 11) is 1.50. The summed E-state index contributed by atoms with van der Waals surface area (Å²) in [6, 6.07) is 11.5. The number of ether oxygens (including phenoxy) is 1. The van der Waals surface area contributed by atoms with Crippen molar-refractivity contribution in [2.24, 2.45) is 0 Å². The van der Waals surface area contributed by atoms with Crippen molar-refractivity contribution in [1.82, 2.24) is 14.9 Å². The maximum atomic E-state index is 12.8. The lowest BCUT2D eigenvalue weighted by Crippen LogP contribution is -2.50. The first-order chi connectivity index (χ1) is 14.4. The van der Waals surface area contributed by atoms with Crippen LogP contribution >= 0.6 is 11.6 Å². The summed E-state index contributed by atoms with van der Waals surface area (Å²) in [4.78, 5) is 25.8. The van der Waals surface area contributed by atoms with Crippen molar-refractivity contribution in [3.63, 3.8) is 0 Å². The molecule has 2 aromatic carbocycles. The van der Waals surface area contributed by atoms with E-state index in [0.29, 0.717) is 35.0 Å². The zero-order valence-corrected chi connectivity index (χ0v) is 18.0. The number of piperazine rings is 1. The largest absolute Gasteiger partial charge is 0.478 e. The highest BCUT2D eigenvalue weighted by molar-refractivity contribution is 6.31. The van der Waals surface area contributed by atoms with Crippen molar-refractivity contribution in [2.75, 3.05) is 43.5 Å². The van der Waals surface area contributed by atoms with Crippen LogP contribution in [0.25, 0.3) is 11.0 Å². The van der Waals surface area contributed by atoms with Crippen LogP contribution in [-0.2, 0) is 0 Å². The van der Waals surface area contributed by atoms with Crippen LogP contribution in [0.2, 0.25) is 5.02 Å². The molecule has 0 unspecified atom stereocenters. The Balaban J connectivity index is 1.45. The molecule has 0 aliphatic carbocycles. The number of urea groups is 1. The van der Waals surface area contributed by atoms with Crippen molar-refractivity contribution in [3.8, 4) is 5.88 Å². The number of anilines is 2. The van der Waals surface area contributed by atoms with E-state index in [9.17, 15) is 4.79 Å². The van der Waals surface area contributed by atoms with Gasteiger partial charge in [-0.3, -0.25) is 5.32 Å². The van der Waals surface area contributed by atoms with E-state index in [-0.39, 0.29) is 11.9 Å². The van der Waals surface area contributed by atoms with E-state index in [2.05, 4.69) is 52.2 Å². The Morgan fingerprint density at radius 1 is 1.00 bits per heavy atom. The zero-order valence-electron chi connectivity index (χ0n) is 17.3. The first-order valence-electron chi connectivity index (χ1n) is 9.83. The minimum atomic E-state index is -0.212. The van der Waals surface area contributed by atoms with E-state index in [1.807, 2.05) is 0 Å². The van der Waals surface area contributed by atoms with E-state index in [4.69, 9.17) is 16.3 Å². The zero-order chi connectivity index (χ0) is 21.3. The number of amides is 2. The normalized spacial score (nSPS) is 14.1. The maximum Gasteiger partial charge on any atom is 0.323 e. The third-order valence-electron chi connectivity index (χ3n) is 5.15. The third kappa shape index (κ3) is 4.26. The smallest absolute Gasteiger partial charge is 0.323 e. The number of aryl methyl sites for hydroxylation is 2. The molecule has 1 fully saturated rings. The number of carbonyl (C=O) groups excluding carboxylic acids is 1. The molecule has 156 valence electrons. The number of fused-ring (bicyclic) bond motifs is 1. The third-order valence-corrected chi connectivity index (χ3v) is 5.39. The minimum absolute atomic E-state index is 0.212. The quantitative estimate of drug-likeness (QED) is 0.678. The van der Waals surface area contributed by atoms with Crippen LogP contribution in [0.1, 0.15) is 11.1 Å². The van der Waals surface area contributed by atoms with E-state index in [0.717, 1.165) is 13.1 Å². The fourth-order valence-corrected chi connectivity index (χ4v) is 3.88. The molecule has 2 heterocycles. The van der Waals surface area contributed by atoms with Gasteiger partial charge in [-0.15, -0.1) is 0 Å². The molecule has 2 amide bonds. The predicted molar refractivity (Wildman–Crippen MR) is 120 cm³/mol. The van der Waals surface area contributed by atoms with Crippen LogP contribution < -0.4 is 15.0 Å². The van der Waals surface area contributed by atoms with Gasteiger partial charge in [-0.2, -0.15) is 0 Å². The Hall–Kier alpha value is -3.06. The monoisotopic (exact) mass is 425 g/mol. The molecule has 7 nitrogen and oxygen atoms in total. The molecule has 0 radical (unpaired) electrons. The number of nitrogens with one attached hydrogen (secondary N) is 1. The van der Waals surface area contributed by atoms with Gasteiger partial charge in [0.2, 0.25) is 0 Å². The molecule has 0 saturated carbocycles. The molecule has 1 aliphatic rings. The number of hydrogen-bond acceptors (Lipinski definition) is 5. The van der Waals surface area contributed by atoms with E-state index in [1.165, 1.54) is 23.9 Å². The van der Waals surface area contributed by atoms with Gasteiger partial charge in [-0.1, -0.05) is 17.7 Å². The molecule has 1 saturated heterocycles. The van der Waals surface area contributed by atoms with Gasteiger partial charge in [0.1, 0.15) is 0 Å². The van der Waals surface area contributed by atoms with Crippen LogP contribution in [0, 0.1) is 13.8 Å². The number of aromatic nitrogens is 2. The molecule has 0 bridgehead atoms. The van der Waals surface area contributed by atoms with Crippen molar-refractivity contribution < 1.29 is 9.53 Å². The first kappa shape index (κ1) is 20.2. The number of hydrogen-bond donors (Lipinski definition) is 1. The highest BCUT2D eigenvalue weighted by atomic mass is 35.5. The Morgan fingerprint density at radius 2 is 1.70 bits per heavy atom. The molecular weight excluding hydrogens is 402 g/mol. The van der Waals surface area contributed by atoms with E-state index < -0.39 is 0 Å². The Labute approximate surface area is 180 Å². The lowest BCUT2D eigenvalue weighted by Gasteiger charge is -2.36. The van der Waals surface area contributed by atoms with Crippen LogP contribution in [0.3, 0.4) is 0 Å². The topological polar surface area (TPSA) is 70.6 Å². The van der Waals surface area contributed by atoms with Crippen molar-refractivity contribution >= 4 is 40.2 Å². The number of rotatable bonds is 3. The van der Waals surface area contributed by atoms with Crippen molar-refractivity contribution in [1.29, 1.82) is 0 Å². The number of carbonyl (C=O) groups is 1. The summed E-state index contributed by atoms with van der Waals surface area (Å²) >= 11 is 6.02. The second-order valence-electron chi connectivity index (χ2n) is 7.46. The number of halogens is 1. The highest BCUT2D eigenvalue weighted by Crippen LogP contribution is 2.26.